The van der Waals surface area contributed by atoms with Gasteiger partial charge in [-0.1, -0.05) is 40.2 Å². The van der Waals surface area contributed by atoms with Gasteiger partial charge in [-0.25, -0.2) is 0 Å². The Morgan fingerprint density at radius 3 is 2.35 bits per heavy atom. The molecule has 0 aliphatic rings. The second-order valence-electron chi connectivity index (χ2n) is 4.93. The number of hydrogen-bond donors (Lipinski definition) is 1. The Kier molecular flexibility index (Phi) is 5.62. The second kappa shape index (κ2) is 7.46. The highest BCUT2D eigenvalue weighted by Gasteiger charge is 2.10. The van der Waals surface area contributed by atoms with Gasteiger partial charge >= 0.3 is 0 Å². The lowest BCUT2D eigenvalue weighted by Crippen LogP contribution is -2.13. The average Bonchev–Trinajstić information content (AvgIpc) is 2.47. The minimum absolute atomic E-state index is 0.193. The van der Waals surface area contributed by atoms with E-state index in [-0.39, 0.29) is 12.5 Å². The van der Waals surface area contributed by atoms with Crippen LogP contribution in [0.1, 0.15) is 11.1 Å². The van der Waals surface area contributed by atoms with Crippen LogP contribution in [0.15, 0.2) is 53.0 Å². The maximum absolute atomic E-state index is 9.58. The van der Waals surface area contributed by atoms with Crippen LogP contribution in [-0.2, 0) is 12.8 Å². The third-order valence-corrected chi connectivity index (χ3v) is 3.85. The van der Waals surface area contributed by atoms with Crippen LogP contribution in [0.2, 0.25) is 0 Å². The van der Waals surface area contributed by atoms with E-state index in [1.165, 1.54) is 11.1 Å². The summed E-state index contributed by atoms with van der Waals surface area (Å²) in [6, 6.07) is 16.3. The quantitative estimate of drug-likeness (QED) is 0.869. The lowest BCUT2D eigenvalue weighted by Gasteiger charge is -2.15. The molecule has 0 fully saturated rings. The van der Waals surface area contributed by atoms with Crippen LogP contribution in [0.4, 0.5) is 0 Å². The summed E-state index contributed by atoms with van der Waals surface area (Å²) in [4.78, 5) is 0. The molecule has 2 aromatic rings. The molecule has 0 saturated carbocycles. The van der Waals surface area contributed by atoms with E-state index in [1.807, 2.05) is 24.3 Å². The van der Waals surface area contributed by atoms with Crippen LogP contribution in [0.5, 0.6) is 5.75 Å². The van der Waals surface area contributed by atoms with Gasteiger partial charge in [-0.3, -0.25) is 0 Å². The Hall–Kier alpha value is -1.32. The first-order valence-corrected chi connectivity index (χ1v) is 7.49. The van der Waals surface area contributed by atoms with E-state index in [9.17, 15) is 5.11 Å². The summed E-state index contributed by atoms with van der Waals surface area (Å²) < 4.78 is 6.23. The van der Waals surface area contributed by atoms with E-state index in [0.717, 1.165) is 23.1 Å². The minimum atomic E-state index is 0.193. The number of rotatable bonds is 6. The summed E-state index contributed by atoms with van der Waals surface area (Å²) in [6.07, 6.45) is 1.75. The molecule has 0 bridgehead atoms. The second-order valence-corrected chi connectivity index (χ2v) is 5.85. The molecule has 1 unspecified atom stereocenters. The van der Waals surface area contributed by atoms with Crippen molar-refractivity contribution in [3.8, 4) is 5.75 Å². The molecular weight excluding hydrogens is 316 g/mol. The molecule has 2 nitrogen and oxygen atoms in total. The Labute approximate surface area is 128 Å². The zero-order chi connectivity index (χ0) is 14.4. The minimum Gasteiger partial charge on any atom is -0.497 e. The number of methoxy groups -OCH3 is 1. The smallest absolute Gasteiger partial charge is 0.118 e. The summed E-state index contributed by atoms with van der Waals surface area (Å²) in [6.45, 7) is 0.193. The molecule has 2 aromatic carbocycles. The molecule has 0 spiro atoms. The molecule has 106 valence electrons. The van der Waals surface area contributed by atoms with Gasteiger partial charge in [0.2, 0.25) is 0 Å². The highest BCUT2D eigenvalue weighted by molar-refractivity contribution is 9.10. The van der Waals surface area contributed by atoms with Crippen molar-refractivity contribution in [3.63, 3.8) is 0 Å². The summed E-state index contributed by atoms with van der Waals surface area (Å²) in [5, 5.41) is 9.58. The lowest BCUT2D eigenvalue weighted by atomic mass is 9.93. The average molecular weight is 335 g/mol. The maximum Gasteiger partial charge on any atom is 0.118 e. The van der Waals surface area contributed by atoms with E-state index in [1.54, 1.807) is 7.11 Å². The van der Waals surface area contributed by atoms with Gasteiger partial charge in [0, 0.05) is 11.1 Å². The molecule has 20 heavy (non-hydrogen) atoms. The van der Waals surface area contributed by atoms with E-state index < -0.39 is 0 Å². The third-order valence-electron chi connectivity index (χ3n) is 3.36. The van der Waals surface area contributed by atoms with Crippen molar-refractivity contribution in [1.82, 2.24) is 0 Å². The van der Waals surface area contributed by atoms with Gasteiger partial charge in [0.05, 0.1) is 7.11 Å². The largest absolute Gasteiger partial charge is 0.497 e. The lowest BCUT2D eigenvalue weighted by molar-refractivity contribution is 0.225. The van der Waals surface area contributed by atoms with Gasteiger partial charge in [-0.2, -0.15) is 0 Å². The molecule has 2 rings (SSSR count). The van der Waals surface area contributed by atoms with Crippen molar-refractivity contribution in [2.45, 2.75) is 12.8 Å². The highest BCUT2D eigenvalue weighted by atomic mass is 79.9. The third kappa shape index (κ3) is 4.36. The van der Waals surface area contributed by atoms with Gasteiger partial charge in [0.15, 0.2) is 0 Å². The highest BCUT2D eigenvalue weighted by Crippen LogP contribution is 2.19. The first kappa shape index (κ1) is 15.1. The van der Waals surface area contributed by atoms with Crippen LogP contribution in [0, 0.1) is 5.92 Å². The van der Waals surface area contributed by atoms with Gasteiger partial charge in [-0.05, 0) is 54.2 Å². The Morgan fingerprint density at radius 2 is 1.75 bits per heavy atom. The number of ether oxygens (including phenoxy) is 1. The van der Waals surface area contributed by atoms with Crippen molar-refractivity contribution < 1.29 is 9.84 Å². The van der Waals surface area contributed by atoms with Crippen LogP contribution in [0.3, 0.4) is 0 Å². The first-order chi connectivity index (χ1) is 9.71. The van der Waals surface area contributed by atoms with Crippen LogP contribution < -0.4 is 4.74 Å². The predicted molar refractivity (Wildman–Crippen MR) is 85.1 cm³/mol. The molecule has 0 aromatic heterocycles. The van der Waals surface area contributed by atoms with E-state index in [0.29, 0.717) is 0 Å². The van der Waals surface area contributed by atoms with Gasteiger partial charge in [0.1, 0.15) is 5.75 Å². The molecule has 0 aliphatic heterocycles. The summed E-state index contributed by atoms with van der Waals surface area (Å²) in [7, 11) is 1.67. The van der Waals surface area contributed by atoms with Gasteiger partial charge in [0.25, 0.3) is 0 Å². The summed E-state index contributed by atoms with van der Waals surface area (Å²) >= 11 is 3.48. The van der Waals surface area contributed by atoms with Crippen LogP contribution >= 0.6 is 15.9 Å². The summed E-state index contributed by atoms with van der Waals surface area (Å²) in [5.41, 5.74) is 2.46. The topological polar surface area (TPSA) is 29.5 Å². The maximum atomic E-state index is 9.58. The van der Waals surface area contributed by atoms with Gasteiger partial charge < -0.3 is 9.84 Å². The van der Waals surface area contributed by atoms with Crippen LogP contribution in [-0.4, -0.2) is 18.8 Å². The fraction of sp³-hybridized carbons (Fsp3) is 0.294. The standard InChI is InChI=1S/C17H19BrO2/c1-20-17-7-5-13(6-8-17)9-15(12-19)10-14-3-2-4-16(18)11-14/h2-8,11,15,19H,9-10,12H2,1H3. The fourth-order valence-corrected chi connectivity index (χ4v) is 2.74. The zero-order valence-electron chi connectivity index (χ0n) is 11.6. The van der Waals surface area contributed by atoms with E-state index >= 15 is 0 Å². The zero-order valence-corrected chi connectivity index (χ0v) is 13.1. The molecule has 1 atom stereocenters. The van der Waals surface area contributed by atoms with Gasteiger partial charge in [-0.15, -0.1) is 0 Å². The molecule has 0 aliphatic carbocycles. The van der Waals surface area contributed by atoms with Crippen molar-refractivity contribution in [2.75, 3.05) is 13.7 Å². The van der Waals surface area contributed by atoms with Crippen LogP contribution in [0.25, 0.3) is 0 Å². The predicted octanol–water partition coefficient (Wildman–Crippen LogP) is 3.85. The van der Waals surface area contributed by atoms with Crippen molar-refractivity contribution in [1.29, 1.82) is 0 Å². The molecule has 0 radical (unpaired) electrons. The molecule has 1 N–H and O–H groups in total. The Morgan fingerprint density at radius 1 is 1.05 bits per heavy atom. The Balaban J connectivity index is 2.01. The fourth-order valence-electron chi connectivity index (χ4n) is 2.29. The van der Waals surface area contributed by atoms with E-state index in [2.05, 4.69) is 40.2 Å². The van der Waals surface area contributed by atoms with E-state index in [4.69, 9.17) is 4.74 Å². The summed E-state index contributed by atoms with van der Waals surface area (Å²) in [5.74, 6) is 1.10. The molecular formula is C17H19BrO2. The molecule has 0 heterocycles. The normalized spacial score (nSPS) is 12.2. The number of halogens is 1. The SMILES string of the molecule is COc1ccc(CC(CO)Cc2cccc(Br)c2)cc1. The molecule has 0 saturated heterocycles. The van der Waals surface area contributed by atoms with Crippen molar-refractivity contribution in [3.05, 3.63) is 64.1 Å². The number of hydrogen-bond acceptors (Lipinski definition) is 2. The molecule has 3 heteroatoms. The number of aliphatic hydroxyl groups is 1. The van der Waals surface area contributed by atoms with Crippen molar-refractivity contribution >= 4 is 15.9 Å². The Bertz CT molecular complexity index is 537. The molecule has 0 amide bonds. The van der Waals surface area contributed by atoms with Crippen molar-refractivity contribution in [2.24, 2.45) is 5.92 Å². The monoisotopic (exact) mass is 334 g/mol. The number of aliphatic hydroxyl groups excluding tert-OH is 1. The number of benzene rings is 2. The first-order valence-electron chi connectivity index (χ1n) is 6.69.